The number of hydrogen-bond acceptors (Lipinski definition) is 4. The van der Waals surface area contributed by atoms with Crippen molar-refractivity contribution < 1.29 is 13.2 Å². The lowest BCUT2D eigenvalue weighted by Gasteiger charge is -2.18. The smallest absolute Gasteiger partial charge is 0.254 e. The predicted molar refractivity (Wildman–Crippen MR) is 48.6 cm³/mol. The molecule has 76 valence electrons. The van der Waals surface area contributed by atoms with E-state index in [1.165, 1.54) is 11.9 Å². The van der Waals surface area contributed by atoms with E-state index in [2.05, 4.69) is 5.43 Å². The van der Waals surface area contributed by atoms with Gasteiger partial charge in [0.1, 0.15) is 5.25 Å². The SMILES string of the molecule is CC(C(=O)N1CCCN1)S(C)(=O)=O. The molecule has 1 aliphatic rings. The monoisotopic (exact) mass is 206 g/mol. The summed E-state index contributed by atoms with van der Waals surface area (Å²) < 4.78 is 22.1. The zero-order valence-corrected chi connectivity index (χ0v) is 8.60. The minimum atomic E-state index is -3.27. The zero-order chi connectivity index (χ0) is 10.1. The lowest BCUT2D eigenvalue weighted by molar-refractivity contribution is -0.131. The van der Waals surface area contributed by atoms with Crippen LogP contribution in [0.25, 0.3) is 0 Å². The summed E-state index contributed by atoms with van der Waals surface area (Å²) in [5, 5.41) is 0.434. The van der Waals surface area contributed by atoms with Gasteiger partial charge in [-0.25, -0.2) is 13.8 Å². The van der Waals surface area contributed by atoms with Crippen molar-refractivity contribution in [3.8, 4) is 0 Å². The van der Waals surface area contributed by atoms with Crippen molar-refractivity contribution in [1.82, 2.24) is 10.4 Å². The van der Waals surface area contributed by atoms with Crippen LogP contribution in [0.4, 0.5) is 0 Å². The van der Waals surface area contributed by atoms with Gasteiger partial charge in [-0.3, -0.25) is 9.80 Å². The first-order chi connectivity index (χ1) is 5.93. The van der Waals surface area contributed by atoms with Gasteiger partial charge in [-0.2, -0.15) is 0 Å². The Kier molecular flexibility index (Phi) is 2.92. The average molecular weight is 206 g/mol. The molecule has 1 aliphatic heterocycles. The maximum absolute atomic E-state index is 11.5. The molecule has 0 aromatic heterocycles. The van der Waals surface area contributed by atoms with Crippen molar-refractivity contribution in [2.75, 3.05) is 19.3 Å². The Hall–Kier alpha value is -0.620. The van der Waals surface area contributed by atoms with Gasteiger partial charge >= 0.3 is 0 Å². The molecule has 0 bridgehead atoms. The van der Waals surface area contributed by atoms with Crippen molar-refractivity contribution in [1.29, 1.82) is 0 Å². The average Bonchev–Trinajstić information content (AvgIpc) is 2.51. The third-order valence-electron chi connectivity index (χ3n) is 2.12. The number of hydrazine groups is 1. The van der Waals surface area contributed by atoms with E-state index < -0.39 is 15.1 Å². The van der Waals surface area contributed by atoms with Crippen molar-refractivity contribution in [2.24, 2.45) is 0 Å². The molecule has 6 heteroatoms. The summed E-state index contributed by atoms with van der Waals surface area (Å²) in [7, 11) is -3.27. The molecule has 5 nitrogen and oxygen atoms in total. The molecule has 1 unspecified atom stereocenters. The molecule has 1 atom stereocenters. The molecule has 1 heterocycles. The van der Waals surface area contributed by atoms with Gasteiger partial charge in [0.2, 0.25) is 0 Å². The van der Waals surface area contributed by atoms with Crippen LogP contribution < -0.4 is 5.43 Å². The van der Waals surface area contributed by atoms with Crippen LogP contribution in [-0.2, 0) is 14.6 Å². The molecule has 0 saturated carbocycles. The van der Waals surface area contributed by atoms with Crippen LogP contribution in [0.2, 0.25) is 0 Å². The third-order valence-corrected chi connectivity index (χ3v) is 3.60. The summed E-state index contributed by atoms with van der Waals surface area (Å²) in [5.74, 6) is -0.361. The van der Waals surface area contributed by atoms with Crippen LogP contribution in [0.1, 0.15) is 13.3 Å². The molecule has 0 spiro atoms. The maximum atomic E-state index is 11.5. The van der Waals surface area contributed by atoms with Crippen molar-refractivity contribution in [3.05, 3.63) is 0 Å². The fourth-order valence-corrected chi connectivity index (χ4v) is 1.61. The van der Waals surface area contributed by atoms with E-state index in [-0.39, 0.29) is 5.91 Å². The molecule has 13 heavy (non-hydrogen) atoms. The molecule has 0 radical (unpaired) electrons. The highest BCUT2D eigenvalue weighted by atomic mass is 32.2. The summed E-state index contributed by atoms with van der Waals surface area (Å²) in [6, 6.07) is 0. The van der Waals surface area contributed by atoms with Crippen molar-refractivity contribution in [2.45, 2.75) is 18.6 Å². The Morgan fingerprint density at radius 3 is 2.54 bits per heavy atom. The Morgan fingerprint density at radius 2 is 2.15 bits per heavy atom. The summed E-state index contributed by atoms with van der Waals surface area (Å²) in [6.45, 7) is 2.75. The van der Waals surface area contributed by atoms with E-state index in [1.54, 1.807) is 0 Å². The van der Waals surface area contributed by atoms with Gasteiger partial charge < -0.3 is 0 Å². The number of carbonyl (C=O) groups excluding carboxylic acids is 1. The summed E-state index contributed by atoms with van der Waals surface area (Å²) in [5.41, 5.74) is 2.83. The normalized spacial score (nSPS) is 20.3. The van der Waals surface area contributed by atoms with Crippen LogP contribution in [0.15, 0.2) is 0 Å². The number of amides is 1. The minimum absolute atomic E-state index is 0.361. The van der Waals surface area contributed by atoms with Gasteiger partial charge in [0.25, 0.3) is 5.91 Å². The Bertz CT molecular complexity index is 293. The summed E-state index contributed by atoms with van der Waals surface area (Å²) in [6.07, 6.45) is 1.95. The third kappa shape index (κ3) is 2.41. The topological polar surface area (TPSA) is 66.5 Å². The highest BCUT2D eigenvalue weighted by Crippen LogP contribution is 2.05. The van der Waals surface area contributed by atoms with E-state index in [1.807, 2.05) is 0 Å². The van der Waals surface area contributed by atoms with E-state index in [0.29, 0.717) is 6.54 Å². The van der Waals surface area contributed by atoms with E-state index in [0.717, 1.165) is 19.2 Å². The highest BCUT2D eigenvalue weighted by molar-refractivity contribution is 7.92. The Morgan fingerprint density at radius 1 is 1.54 bits per heavy atom. The molecule has 0 aliphatic carbocycles. The molecule has 0 aromatic rings. The van der Waals surface area contributed by atoms with Crippen LogP contribution in [0.5, 0.6) is 0 Å². The van der Waals surface area contributed by atoms with Crippen LogP contribution in [0.3, 0.4) is 0 Å². The molecular formula is C7H14N2O3S. The second-order valence-electron chi connectivity index (χ2n) is 3.22. The van der Waals surface area contributed by atoms with Gasteiger partial charge in [0, 0.05) is 19.3 Å². The molecule has 1 N–H and O–H groups in total. The first kappa shape index (κ1) is 10.5. The van der Waals surface area contributed by atoms with Crippen LogP contribution >= 0.6 is 0 Å². The molecule has 1 saturated heterocycles. The van der Waals surface area contributed by atoms with Gasteiger partial charge in [0.05, 0.1) is 0 Å². The fraction of sp³-hybridized carbons (Fsp3) is 0.857. The maximum Gasteiger partial charge on any atom is 0.254 e. The minimum Gasteiger partial charge on any atom is -0.277 e. The first-order valence-electron chi connectivity index (χ1n) is 4.16. The van der Waals surface area contributed by atoms with Gasteiger partial charge in [-0.1, -0.05) is 0 Å². The molecular weight excluding hydrogens is 192 g/mol. The van der Waals surface area contributed by atoms with Gasteiger partial charge in [-0.05, 0) is 13.3 Å². The number of hydrogen-bond donors (Lipinski definition) is 1. The summed E-state index contributed by atoms with van der Waals surface area (Å²) >= 11 is 0. The van der Waals surface area contributed by atoms with E-state index in [9.17, 15) is 13.2 Å². The van der Waals surface area contributed by atoms with Gasteiger partial charge in [-0.15, -0.1) is 0 Å². The lowest BCUT2D eigenvalue weighted by Crippen LogP contribution is -2.44. The second kappa shape index (κ2) is 3.63. The highest BCUT2D eigenvalue weighted by Gasteiger charge is 2.29. The summed E-state index contributed by atoms with van der Waals surface area (Å²) in [4.78, 5) is 11.5. The van der Waals surface area contributed by atoms with Gasteiger partial charge in [0.15, 0.2) is 9.84 Å². The first-order valence-corrected chi connectivity index (χ1v) is 6.12. The second-order valence-corrected chi connectivity index (χ2v) is 5.59. The molecule has 1 rings (SSSR count). The Balaban J connectivity index is 2.67. The van der Waals surface area contributed by atoms with E-state index >= 15 is 0 Å². The quantitative estimate of drug-likeness (QED) is 0.639. The van der Waals surface area contributed by atoms with Crippen molar-refractivity contribution in [3.63, 3.8) is 0 Å². The Labute approximate surface area is 78.0 Å². The fourth-order valence-electron chi connectivity index (χ4n) is 1.12. The number of rotatable bonds is 2. The molecule has 0 aromatic carbocycles. The standard InChI is InChI=1S/C7H14N2O3S/c1-6(13(2,11)12)7(10)9-5-3-4-8-9/h6,8H,3-5H2,1-2H3. The molecule has 1 amide bonds. The zero-order valence-electron chi connectivity index (χ0n) is 7.78. The largest absolute Gasteiger partial charge is 0.277 e. The number of carbonyl (C=O) groups is 1. The predicted octanol–water partition coefficient (Wildman–Crippen LogP) is -0.844. The van der Waals surface area contributed by atoms with E-state index in [4.69, 9.17) is 0 Å². The lowest BCUT2D eigenvalue weighted by atomic mass is 10.4. The van der Waals surface area contributed by atoms with Crippen LogP contribution in [-0.4, -0.2) is 43.9 Å². The number of sulfone groups is 1. The number of nitrogens with one attached hydrogen (secondary N) is 1. The molecule has 1 fully saturated rings. The van der Waals surface area contributed by atoms with Crippen molar-refractivity contribution >= 4 is 15.7 Å². The number of nitrogens with zero attached hydrogens (tertiary/aromatic N) is 1. The van der Waals surface area contributed by atoms with Crippen LogP contribution in [0, 0.1) is 0 Å².